The normalized spacial score (nSPS) is 10.1. The number of carbonyl (C=O) groups excluding carboxylic acids is 1. The van der Waals surface area contributed by atoms with Crippen LogP contribution in [0.3, 0.4) is 0 Å². The van der Waals surface area contributed by atoms with Crippen LogP contribution in [0.15, 0.2) is 36.7 Å². The van der Waals surface area contributed by atoms with E-state index >= 15 is 0 Å². The van der Waals surface area contributed by atoms with Gasteiger partial charge in [0, 0.05) is 16.9 Å². The molecule has 0 unspecified atom stereocenters. The average Bonchev–Trinajstić information content (AvgIpc) is 2.88. The molecule has 20 heavy (non-hydrogen) atoms. The molecule has 0 aliphatic carbocycles. The van der Waals surface area contributed by atoms with Crippen LogP contribution in [0.4, 0.5) is 16.2 Å². The highest BCUT2D eigenvalue weighted by Crippen LogP contribution is 2.20. The van der Waals surface area contributed by atoms with Crippen molar-refractivity contribution in [3.63, 3.8) is 0 Å². The first-order chi connectivity index (χ1) is 9.56. The number of nitrogens with zero attached hydrogens (tertiary/aromatic N) is 2. The topological polar surface area (TPSA) is 98.3 Å². The van der Waals surface area contributed by atoms with Gasteiger partial charge in [0.25, 0.3) is 0 Å². The van der Waals surface area contributed by atoms with Crippen LogP contribution in [0.1, 0.15) is 0 Å². The lowest BCUT2D eigenvalue weighted by molar-refractivity contribution is -0.135. The number of H-pyrrole nitrogens is 1. The summed E-state index contributed by atoms with van der Waals surface area (Å²) in [5.74, 6) is -1.13. The van der Waals surface area contributed by atoms with Crippen LogP contribution in [-0.2, 0) is 4.79 Å². The van der Waals surface area contributed by atoms with Gasteiger partial charge in [0.05, 0.1) is 11.9 Å². The lowest BCUT2D eigenvalue weighted by atomic mass is 10.3. The van der Waals surface area contributed by atoms with Gasteiger partial charge in [-0.2, -0.15) is 5.10 Å². The Morgan fingerprint density at radius 2 is 2.25 bits per heavy atom. The molecule has 2 rings (SSSR count). The van der Waals surface area contributed by atoms with Crippen molar-refractivity contribution < 1.29 is 14.7 Å². The number of rotatable bonds is 4. The Morgan fingerprint density at radius 3 is 2.85 bits per heavy atom. The van der Waals surface area contributed by atoms with Crippen molar-refractivity contribution in [3.05, 3.63) is 41.7 Å². The Balaban J connectivity index is 2.22. The van der Waals surface area contributed by atoms with Gasteiger partial charge < -0.3 is 10.4 Å². The van der Waals surface area contributed by atoms with Gasteiger partial charge in [0.1, 0.15) is 6.54 Å². The zero-order valence-corrected chi connectivity index (χ0v) is 11.0. The predicted octanol–water partition coefficient (Wildman–Crippen LogP) is 2.19. The van der Waals surface area contributed by atoms with Crippen LogP contribution >= 0.6 is 11.6 Å². The van der Waals surface area contributed by atoms with Crippen molar-refractivity contribution in [1.29, 1.82) is 0 Å². The molecule has 1 aromatic heterocycles. The monoisotopic (exact) mass is 294 g/mol. The summed E-state index contributed by atoms with van der Waals surface area (Å²) < 4.78 is 0. The molecule has 2 aromatic rings. The lowest BCUT2D eigenvalue weighted by Gasteiger charge is -2.21. The third-order valence-electron chi connectivity index (χ3n) is 2.41. The summed E-state index contributed by atoms with van der Waals surface area (Å²) in [7, 11) is 0. The number of hydrogen-bond acceptors (Lipinski definition) is 3. The fourth-order valence-electron chi connectivity index (χ4n) is 1.57. The van der Waals surface area contributed by atoms with Crippen LogP contribution in [0.2, 0.25) is 5.02 Å². The molecule has 104 valence electrons. The summed E-state index contributed by atoms with van der Waals surface area (Å²) in [6, 6.07) is 5.80. The van der Waals surface area contributed by atoms with Gasteiger partial charge in [-0.15, -0.1) is 0 Å². The summed E-state index contributed by atoms with van der Waals surface area (Å²) in [6.45, 7) is -0.482. The minimum atomic E-state index is -1.13. The van der Waals surface area contributed by atoms with Crippen molar-refractivity contribution in [2.24, 2.45) is 0 Å². The van der Waals surface area contributed by atoms with Gasteiger partial charge in [-0.1, -0.05) is 17.7 Å². The summed E-state index contributed by atoms with van der Waals surface area (Å²) in [5, 5.41) is 18.1. The number of hydrogen-bond donors (Lipinski definition) is 3. The van der Waals surface area contributed by atoms with E-state index in [2.05, 4.69) is 15.5 Å². The van der Waals surface area contributed by atoms with E-state index in [0.717, 1.165) is 4.90 Å². The van der Waals surface area contributed by atoms with Crippen LogP contribution < -0.4 is 10.2 Å². The Labute approximate surface area is 119 Å². The first-order valence-corrected chi connectivity index (χ1v) is 5.98. The minimum Gasteiger partial charge on any atom is -0.480 e. The molecule has 0 saturated carbocycles. The molecule has 0 radical (unpaired) electrons. The number of halogens is 1. The quantitative estimate of drug-likeness (QED) is 0.805. The number of carboxylic acid groups (broad SMARTS) is 1. The zero-order valence-electron chi connectivity index (χ0n) is 10.2. The molecule has 0 saturated heterocycles. The largest absolute Gasteiger partial charge is 0.480 e. The van der Waals surface area contributed by atoms with Gasteiger partial charge in [0.15, 0.2) is 0 Å². The molecule has 0 bridgehead atoms. The summed E-state index contributed by atoms with van der Waals surface area (Å²) in [6.07, 6.45) is 2.89. The second-order valence-corrected chi connectivity index (χ2v) is 4.31. The Kier molecular flexibility index (Phi) is 4.21. The maximum atomic E-state index is 12.1. The third-order valence-corrected chi connectivity index (χ3v) is 2.64. The molecule has 1 aromatic carbocycles. The van der Waals surface area contributed by atoms with Crippen molar-refractivity contribution in [2.45, 2.75) is 0 Å². The summed E-state index contributed by atoms with van der Waals surface area (Å²) >= 11 is 5.85. The first kappa shape index (κ1) is 13.9. The molecule has 2 amide bonds. The number of nitrogens with one attached hydrogen (secondary N) is 2. The molecular weight excluding hydrogens is 284 g/mol. The lowest BCUT2D eigenvalue weighted by Crippen LogP contribution is -2.38. The molecule has 0 spiro atoms. The van der Waals surface area contributed by atoms with Crippen LogP contribution in [0.5, 0.6) is 0 Å². The highest BCUT2D eigenvalue weighted by molar-refractivity contribution is 6.31. The molecule has 0 aliphatic rings. The van der Waals surface area contributed by atoms with Crippen molar-refractivity contribution >= 4 is 35.0 Å². The van der Waals surface area contributed by atoms with Crippen LogP contribution in [0.25, 0.3) is 0 Å². The van der Waals surface area contributed by atoms with E-state index in [4.69, 9.17) is 16.7 Å². The predicted molar refractivity (Wildman–Crippen MR) is 74.0 cm³/mol. The fraction of sp³-hybridized carbons (Fsp3) is 0.0833. The van der Waals surface area contributed by atoms with Gasteiger partial charge in [-0.05, 0) is 18.2 Å². The number of aromatic nitrogens is 2. The average molecular weight is 295 g/mol. The third kappa shape index (κ3) is 3.48. The summed E-state index contributed by atoms with van der Waals surface area (Å²) in [5.41, 5.74) is 0.827. The van der Waals surface area contributed by atoms with Gasteiger partial charge >= 0.3 is 12.0 Å². The van der Waals surface area contributed by atoms with E-state index in [9.17, 15) is 9.59 Å². The van der Waals surface area contributed by atoms with Crippen LogP contribution in [0, 0.1) is 0 Å². The number of benzene rings is 1. The van der Waals surface area contributed by atoms with Crippen LogP contribution in [-0.4, -0.2) is 33.8 Å². The molecule has 1 heterocycles. The minimum absolute atomic E-state index is 0.390. The smallest absolute Gasteiger partial charge is 0.326 e. The number of carbonyl (C=O) groups is 2. The highest BCUT2D eigenvalue weighted by Gasteiger charge is 2.19. The number of carboxylic acids is 1. The molecule has 8 heteroatoms. The van der Waals surface area contributed by atoms with Gasteiger partial charge in [-0.25, -0.2) is 4.79 Å². The Bertz CT molecular complexity index is 615. The SMILES string of the molecule is O=C(O)CN(C(=O)Nc1cn[nH]c1)c1cccc(Cl)c1. The molecule has 7 nitrogen and oxygen atoms in total. The van der Waals surface area contributed by atoms with E-state index in [1.807, 2.05) is 0 Å². The van der Waals surface area contributed by atoms with Crippen molar-refractivity contribution in [3.8, 4) is 0 Å². The molecule has 3 N–H and O–H groups in total. The number of anilines is 2. The highest BCUT2D eigenvalue weighted by atomic mass is 35.5. The van der Waals surface area contributed by atoms with Gasteiger partial charge in [0.2, 0.25) is 0 Å². The number of urea groups is 1. The Hall–Kier alpha value is -2.54. The van der Waals surface area contributed by atoms with Crippen molar-refractivity contribution in [2.75, 3.05) is 16.8 Å². The van der Waals surface area contributed by atoms with E-state index in [0.29, 0.717) is 16.4 Å². The van der Waals surface area contributed by atoms with Gasteiger partial charge in [-0.3, -0.25) is 14.8 Å². The van der Waals surface area contributed by atoms with E-state index in [-0.39, 0.29) is 0 Å². The molecule has 0 fully saturated rings. The van der Waals surface area contributed by atoms with Crippen molar-refractivity contribution in [1.82, 2.24) is 10.2 Å². The van der Waals surface area contributed by atoms with E-state index in [1.54, 1.807) is 18.2 Å². The van der Waals surface area contributed by atoms with E-state index in [1.165, 1.54) is 18.5 Å². The second-order valence-electron chi connectivity index (χ2n) is 3.88. The fourth-order valence-corrected chi connectivity index (χ4v) is 1.75. The maximum Gasteiger partial charge on any atom is 0.326 e. The number of aliphatic carboxylic acids is 1. The number of aromatic amines is 1. The molecular formula is C12H11ClN4O3. The molecule has 0 aliphatic heterocycles. The molecule has 0 atom stereocenters. The summed E-state index contributed by atoms with van der Waals surface area (Å²) in [4.78, 5) is 24.1. The zero-order chi connectivity index (χ0) is 14.5. The number of amides is 2. The Morgan fingerprint density at radius 1 is 1.45 bits per heavy atom. The maximum absolute atomic E-state index is 12.1. The van der Waals surface area contributed by atoms with E-state index < -0.39 is 18.5 Å². The first-order valence-electron chi connectivity index (χ1n) is 5.61. The second kappa shape index (κ2) is 6.07. The standard InChI is InChI=1S/C12H11ClN4O3/c13-8-2-1-3-10(4-8)17(7-11(18)19)12(20)16-9-5-14-15-6-9/h1-6H,7H2,(H,14,15)(H,16,20)(H,18,19).